The first kappa shape index (κ1) is 19.2. The SMILES string of the molecule is COc1ccccc1/C=C/C(=O)OCC(=O)N(C)Cc1ccccc1C. The Labute approximate surface area is 153 Å². The smallest absolute Gasteiger partial charge is 0.331 e. The summed E-state index contributed by atoms with van der Waals surface area (Å²) in [7, 11) is 3.25. The van der Waals surface area contributed by atoms with Gasteiger partial charge in [-0.1, -0.05) is 42.5 Å². The molecule has 5 nitrogen and oxygen atoms in total. The fourth-order valence-electron chi connectivity index (χ4n) is 2.38. The lowest BCUT2D eigenvalue weighted by Gasteiger charge is -2.18. The number of nitrogens with zero attached hydrogens (tertiary/aromatic N) is 1. The van der Waals surface area contributed by atoms with Crippen LogP contribution in [0.5, 0.6) is 5.75 Å². The van der Waals surface area contributed by atoms with Gasteiger partial charge in [0.25, 0.3) is 5.91 Å². The molecule has 0 heterocycles. The first-order valence-corrected chi connectivity index (χ1v) is 8.27. The van der Waals surface area contributed by atoms with Gasteiger partial charge in [-0.25, -0.2) is 4.79 Å². The summed E-state index contributed by atoms with van der Waals surface area (Å²) >= 11 is 0. The largest absolute Gasteiger partial charge is 0.496 e. The third-order valence-corrected chi connectivity index (χ3v) is 3.97. The lowest BCUT2D eigenvalue weighted by Crippen LogP contribution is -2.30. The van der Waals surface area contributed by atoms with Crippen LogP contribution < -0.4 is 4.74 Å². The number of benzene rings is 2. The minimum atomic E-state index is -0.575. The number of carbonyl (C=O) groups excluding carboxylic acids is 2. The predicted octanol–water partition coefficient (Wildman–Crippen LogP) is 3.22. The molecular formula is C21H23NO4. The van der Waals surface area contributed by atoms with Gasteiger partial charge in [-0.15, -0.1) is 0 Å². The van der Waals surface area contributed by atoms with Gasteiger partial charge < -0.3 is 14.4 Å². The van der Waals surface area contributed by atoms with Gasteiger partial charge in [0.15, 0.2) is 6.61 Å². The van der Waals surface area contributed by atoms with E-state index >= 15 is 0 Å². The van der Waals surface area contributed by atoms with Crippen molar-refractivity contribution in [1.29, 1.82) is 0 Å². The van der Waals surface area contributed by atoms with E-state index in [1.54, 1.807) is 31.2 Å². The lowest BCUT2D eigenvalue weighted by atomic mass is 10.1. The van der Waals surface area contributed by atoms with E-state index in [1.807, 2.05) is 49.4 Å². The Morgan fingerprint density at radius 3 is 2.50 bits per heavy atom. The Balaban J connectivity index is 1.85. The number of esters is 1. The van der Waals surface area contributed by atoms with E-state index in [1.165, 1.54) is 6.08 Å². The molecule has 0 spiro atoms. The van der Waals surface area contributed by atoms with Gasteiger partial charge in [0, 0.05) is 25.2 Å². The second kappa shape index (κ2) is 9.42. The molecule has 5 heteroatoms. The molecule has 0 aliphatic carbocycles. The minimum absolute atomic E-state index is 0.257. The molecule has 0 unspecified atom stereocenters. The number of methoxy groups -OCH3 is 1. The van der Waals surface area contributed by atoms with Gasteiger partial charge in [0.05, 0.1) is 7.11 Å². The highest BCUT2D eigenvalue weighted by Crippen LogP contribution is 2.18. The molecule has 0 radical (unpaired) electrons. The Morgan fingerprint density at radius 2 is 1.77 bits per heavy atom. The molecule has 0 aromatic heterocycles. The van der Waals surface area contributed by atoms with Gasteiger partial charge in [-0.2, -0.15) is 0 Å². The molecule has 1 amide bonds. The van der Waals surface area contributed by atoms with Crippen LogP contribution in [-0.2, 0) is 20.9 Å². The molecule has 0 N–H and O–H groups in total. The fraction of sp³-hybridized carbons (Fsp3) is 0.238. The van der Waals surface area contributed by atoms with Crippen molar-refractivity contribution in [3.63, 3.8) is 0 Å². The van der Waals surface area contributed by atoms with Gasteiger partial charge >= 0.3 is 5.97 Å². The summed E-state index contributed by atoms with van der Waals surface area (Å²) in [6.07, 6.45) is 2.88. The fourth-order valence-corrected chi connectivity index (χ4v) is 2.38. The van der Waals surface area contributed by atoms with Crippen LogP contribution in [-0.4, -0.2) is 37.5 Å². The van der Waals surface area contributed by atoms with Gasteiger partial charge in [-0.05, 0) is 30.2 Å². The zero-order valence-corrected chi connectivity index (χ0v) is 15.3. The van der Waals surface area contributed by atoms with E-state index in [0.717, 1.165) is 16.7 Å². The zero-order valence-electron chi connectivity index (χ0n) is 15.3. The van der Waals surface area contributed by atoms with Gasteiger partial charge in [0.2, 0.25) is 0 Å². The van der Waals surface area contributed by atoms with Crippen molar-refractivity contribution in [2.24, 2.45) is 0 Å². The van der Waals surface area contributed by atoms with Crippen LogP contribution in [0.25, 0.3) is 6.08 Å². The standard InChI is InChI=1S/C21H23NO4/c1-16-8-4-5-10-18(16)14-22(2)20(23)15-26-21(24)13-12-17-9-6-7-11-19(17)25-3/h4-13H,14-15H2,1-3H3/b13-12+. The van der Waals surface area contributed by atoms with E-state index in [2.05, 4.69) is 0 Å². The second-order valence-corrected chi connectivity index (χ2v) is 5.86. The van der Waals surface area contributed by atoms with Crippen molar-refractivity contribution in [2.75, 3.05) is 20.8 Å². The van der Waals surface area contributed by atoms with Crippen molar-refractivity contribution < 1.29 is 19.1 Å². The lowest BCUT2D eigenvalue weighted by molar-refractivity contribution is -0.147. The summed E-state index contributed by atoms with van der Waals surface area (Å²) in [6, 6.07) is 15.2. The summed E-state index contributed by atoms with van der Waals surface area (Å²) in [4.78, 5) is 25.5. The van der Waals surface area contributed by atoms with E-state index < -0.39 is 5.97 Å². The zero-order chi connectivity index (χ0) is 18.9. The van der Waals surface area contributed by atoms with Crippen LogP contribution in [0.1, 0.15) is 16.7 Å². The van der Waals surface area contributed by atoms with Crippen molar-refractivity contribution in [1.82, 2.24) is 4.90 Å². The molecule has 2 rings (SSSR count). The summed E-state index contributed by atoms with van der Waals surface area (Å²) in [6.45, 7) is 2.17. The number of para-hydroxylation sites is 1. The molecule has 2 aromatic carbocycles. The van der Waals surface area contributed by atoms with Crippen LogP contribution >= 0.6 is 0 Å². The molecular weight excluding hydrogens is 330 g/mol. The first-order chi connectivity index (χ1) is 12.5. The number of aryl methyl sites for hydroxylation is 1. The molecule has 26 heavy (non-hydrogen) atoms. The molecule has 0 aliphatic heterocycles. The number of ether oxygens (including phenoxy) is 2. The Hall–Kier alpha value is -3.08. The number of rotatable bonds is 7. The number of hydrogen-bond donors (Lipinski definition) is 0. The summed E-state index contributed by atoms with van der Waals surface area (Å²) in [5, 5.41) is 0. The van der Waals surface area contributed by atoms with Crippen molar-refractivity contribution in [3.8, 4) is 5.75 Å². The quantitative estimate of drug-likeness (QED) is 0.566. The number of amides is 1. The van der Waals surface area contributed by atoms with Crippen molar-refractivity contribution in [2.45, 2.75) is 13.5 Å². The first-order valence-electron chi connectivity index (χ1n) is 8.27. The van der Waals surface area contributed by atoms with E-state index in [4.69, 9.17) is 9.47 Å². The normalized spacial score (nSPS) is 10.6. The highest BCUT2D eigenvalue weighted by Gasteiger charge is 2.12. The average Bonchev–Trinajstić information content (AvgIpc) is 2.66. The monoisotopic (exact) mass is 353 g/mol. The topological polar surface area (TPSA) is 55.8 Å². The Morgan fingerprint density at radius 1 is 1.08 bits per heavy atom. The maximum absolute atomic E-state index is 12.1. The summed E-state index contributed by atoms with van der Waals surface area (Å²) in [5.41, 5.74) is 2.93. The van der Waals surface area contributed by atoms with E-state index in [-0.39, 0.29) is 12.5 Å². The third kappa shape index (κ3) is 5.48. The van der Waals surface area contributed by atoms with Crippen LogP contribution in [0.15, 0.2) is 54.6 Å². The molecule has 0 fully saturated rings. The van der Waals surface area contributed by atoms with E-state index in [0.29, 0.717) is 12.3 Å². The van der Waals surface area contributed by atoms with Crippen LogP contribution in [0.3, 0.4) is 0 Å². The molecule has 0 bridgehead atoms. The molecule has 0 aliphatic rings. The molecule has 0 saturated heterocycles. The van der Waals surface area contributed by atoms with Crippen molar-refractivity contribution >= 4 is 18.0 Å². The van der Waals surface area contributed by atoms with Crippen LogP contribution in [0.2, 0.25) is 0 Å². The van der Waals surface area contributed by atoms with Gasteiger partial charge in [-0.3, -0.25) is 4.79 Å². The molecule has 0 atom stereocenters. The maximum atomic E-state index is 12.1. The van der Waals surface area contributed by atoms with Crippen LogP contribution in [0.4, 0.5) is 0 Å². The van der Waals surface area contributed by atoms with Crippen molar-refractivity contribution in [3.05, 3.63) is 71.3 Å². The number of hydrogen-bond acceptors (Lipinski definition) is 4. The summed E-state index contributed by atoms with van der Waals surface area (Å²) in [5.74, 6) is -0.175. The highest BCUT2D eigenvalue weighted by atomic mass is 16.5. The second-order valence-electron chi connectivity index (χ2n) is 5.86. The summed E-state index contributed by atoms with van der Waals surface area (Å²) < 4.78 is 10.2. The molecule has 136 valence electrons. The molecule has 0 saturated carbocycles. The Kier molecular flexibility index (Phi) is 6.97. The predicted molar refractivity (Wildman–Crippen MR) is 101 cm³/mol. The third-order valence-electron chi connectivity index (χ3n) is 3.97. The average molecular weight is 353 g/mol. The van der Waals surface area contributed by atoms with E-state index in [9.17, 15) is 9.59 Å². The highest BCUT2D eigenvalue weighted by molar-refractivity contribution is 5.89. The van der Waals surface area contributed by atoms with Gasteiger partial charge in [0.1, 0.15) is 5.75 Å². The number of carbonyl (C=O) groups is 2. The van der Waals surface area contributed by atoms with Crippen LogP contribution in [0, 0.1) is 6.92 Å². The Bertz CT molecular complexity index is 798. The minimum Gasteiger partial charge on any atom is -0.496 e. The molecule has 2 aromatic rings. The maximum Gasteiger partial charge on any atom is 0.331 e. The number of likely N-dealkylation sites (N-methyl/N-ethyl adjacent to an activating group) is 1.